The maximum absolute atomic E-state index is 10.0. The smallest absolute Gasteiger partial charge is 0.142 e. The molecule has 2 aromatic rings. The van der Waals surface area contributed by atoms with Gasteiger partial charge in [0.2, 0.25) is 0 Å². The first-order valence-corrected chi connectivity index (χ1v) is 4.99. The maximum atomic E-state index is 10.0. The molecular formula is C12H13NO3. The summed E-state index contributed by atoms with van der Waals surface area (Å²) in [6.45, 7) is 0. The number of hydrogen-bond acceptors (Lipinski definition) is 4. The normalized spacial score (nSPS) is 12.4. The van der Waals surface area contributed by atoms with Gasteiger partial charge >= 0.3 is 0 Å². The van der Waals surface area contributed by atoms with Crippen LogP contribution in [0, 0.1) is 0 Å². The van der Waals surface area contributed by atoms with Crippen molar-refractivity contribution >= 4 is 0 Å². The number of rotatable bonds is 4. The summed E-state index contributed by atoms with van der Waals surface area (Å²) < 4.78 is 10.3. The standard InChI is InChI=1S/C12H13NO3/c1-15-12-8-13-5-4-10(12)11(14)7-9-3-2-6-16-9/h2-6,8,11,14H,7H2,1H3. The highest BCUT2D eigenvalue weighted by Gasteiger charge is 2.14. The molecule has 1 N–H and O–H groups in total. The molecule has 2 aromatic heterocycles. The number of aliphatic hydroxyl groups excluding tert-OH is 1. The minimum absolute atomic E-state index is 0.424. The van der Waals surface area contributed by atoms with E-state index in [0.29, 0.717) is 17.7 Å². The average molecular weight is 219 g/mol. The molecule has 0 saturated carbocycles. The fraction of sp³-hybridized carbons (Fsp3) is 0.250. The van der Waals surface area contributed by atoms with Crippen molar-refractivity contribution in [2.24, 2.45) is 0 Å². The summed E-state index contributed by atoms with van der Waals surface area (Å²) >= 11 is 0. The monoisotopic (exact) mass is 219 g/mol. The van der Waals surface area contributed by atoms with Crippen LogP contribution in [0.3, 0.4) is 0 Å². The van der Waals surface area contributed by atoms with Gasteiger partial charge in [0.05, 0.1) is 25.7 Å². The van der Waals surface area contributed by atoms with Crippen LogP contribution in [-0.4, -0.2) is 17.2 Å². The number of methoxy groups -OCH3 is 1. The van der Waals surface area contributed by atoms with Crippen LogP contribution in [0.2, 0.25) is 0 Å². The van der Waals surface area contributed by atoms with E-state index in [2.05, 4.69) is 4.98 Å². The Labute approximate surface area is 93.5 Å². The Morgan fingerprint density at radius 1 is 1.50 bits per heavy atom. The second-order valence-corrected chi connectivity index (χ2v) is 3.42. The first-order valence-electron chi connectivity index (χ1n) is 4.99. The second-order valence-electron chi connectivity index (χ2n) is 3.42. The molecule has 0 aliphatic heterocycles. The van der Waals surface area contributed by atoms with Crippen molar-refractivity contribution < 1.29 is 14.3 Å². The Morgan fingerprint density at radius 2 is 2.38 bits per heavy atom. The van der Waals surface area contributed by atoms with Crippen LogP contribution in [0.15, 0.2) is 41.3 Å². The summed E-state index contributed by atoms with van der Waals surface area (Å²) in [7, 11) is 1.56. The van der Waals surface area contributed by atoms with Gasteiger partial charge in [-0.25, -0.2) is 0 Å². The van der Waals surface area contributed by atoms with E-state index in [9.17, 15) is 5.11 Å². The minimum Gasteiger partial charge on any atom is -0.495 e. The van der Waals surface area contributed by atoms with Crippen LogP contribution in [0.5, 0.6) is 5.75 Å². The average Bonchev–Trinajstić information content (AvgIpc) is 2.81. The SMILES string of the molecule is COc1cnccc1C(O)Cc1ccco1. The van der Waals surface area contributed by atoms with Crippen LogP contribution in [0.4, 0.5) is 0 Å². The zero-order chi connectivity index (χ0) is 11.4. The van der Waals surface area contributed by atoms with E-state index in [1.807, 2.05) is 6.07 Å². The van der Waals surface area contributed by atoms with Crippen molar-refractivity contribution in [3.8, 4) is 5.75 Å². The predicted octanol–water partition coefficient (Wildman–Crippen LogP) is 1.96. The molecule has 0 aliphatic rings. The summed E-state index contributed by atoms with van der Waals surface area (Å²) in [6, 6.07) is 5.37. The van der Waals surface area contributed by atoms with Gasteiger partial charge in [-0.05, 0) is 18.2 Å². The lowest BCUT2D eigenvalue weighted by molar-refractivity contribution is 0.166. The Bertz CT molecular complexity index is 439. The summed E-state index contributed by atoms with van der Waals surface area (Å²) in [6.07, 6.45) is 4.58. The Kier molecular flexibility index (Phi) is 3.22. The Morgan fingerprint density at radius 3 is 3.06 bits per heavy atom. The third-order valence-corrected chi connectivity index (χ3v) is 2.37. The number of nitrogens with zero attached hydrogens (tertiary/aromatic N) is 1. The van der Waals surface area contributed by atoms with Gasteiger partial charge in [0.1, 0.15) is 11.5 Å². The third-order valence-electron chi connectivity index (χ3n) is 2.37. The molecule has 0 bridgehead atoms. The van der Waals surface area contributed by atoms with Crippen molar-refractivity contribution in [3.63, 3.8) is 0 Å². The summed E-state index contributed by atoms with van der Waals surface area (Å²) in [5.74, 6) is 1.33. The first-order chi connectivity index (χ1) is 7.81. The van der Waals surface area contributed by atoms with Gasteiger partial charge in [-0.15, -0.1) is 0 Å². The molecule has 84 valence electrons. The molecule has 0 radical (unpaired) electrons. The van der Waals surface area contributed by atoms with Gasteiger partial charge < -0.3 is 14.3 Å². The van der Waals surface area contributed by atoms with Gasteiger partial charge in [-0.2, -0.15) is 0 Å². The molecule has 16 heavy (non-hydrogen) atoms. The van der Waals surface area contributed by atoms with Gasteiger partial charge in [-0.1, -0.05) is 0 Å². The Balaban J connectivity index is 2.17. The topological polar surface area (TPSA) is 55.5 Å². The number of furan rings is 1. The highest BCUT2D eigenvalue weighted by molar-refractivity contribution is 5.32. The predicted molar refractivity (Wildman–Crippen MR) is 58.2 cm³/mol. The first kappa shape index (κ1) is 10.7. The quantitative estimate of drug-likeness (QED) is 0.854. The highest BCUT2D eigenvalue weighted by atomic mass is 16.5. The number of pyridine rings is 1. The van der Waals surface area contributed by atoms with E-state index in [4.69, 9.17) is 9.15 Å². The number of hydrogen-bond donors (Lipinski definition) is 1. The molecule has 2 heterocycles. The maximum Gasteiger partial charge on any atom is 0.142 e. The zero-order valence-electron chi connectivity index (χ0n) is 8.96. The Hall–Kier alpha value is -1.81. The van der Waals surface area contributed by atoms with E-state index in [0.717, 1.165) is 5.76 Å². The molecule has 1 unspecified atom stereocenters. The van der Waals surface area contributed by atoms with Crippen LogP contribution in [0.25, 0.3) is 0 Å². The molecule has 0 saturated heterocycles. The van der Waals surface area contributed by atoms with E-state index >= 15 is 0 Å². The van der Waals surface area contributed by atoms with E-state index in [1.54, 1.807) is 37.9 Å². The fourth-order valence-corrected chi connectivity index (χ4v) is 1.57. The van der Waals surface area contributed by atoms with Crippen LogP contribution in [-0.2, 0) is 6.42 Å². The molecule has 2 rings (SSSR count). The van der Waals surface area contributed by atoms with Gasteiger partial charge in [0.15, 0.2) is 0 Å². The third kappa shape index (κ3) is 2.23. The number of aliphatic hydroxyl groups is 1. The zero-order valence-corrected chi connectivity index (χ0v) is 8.96. The molecular weight excluding hydrogens is 206 g/mol. The second kappa shape index (κ2) is 4.81. The van der Waals surface area contributed by atoms with Crippen molar-refractivity contribution in [2.45, 2.75) is 12.5 Å². The van der Waals surface area contributed by atoms with Crippen LogP contribution >= 0.6 is 0 Å². The highest BCUT2D eigenvalue weighted by Crippen LogP contribution is 2.26. The van der Waals surface area contributed by atoms with Crippen LogP contribution in [0.1, 0.15) is 17.4 Å². The summed E-state index contributed by atoms with van der Waals surface area (Å²) in [4.78, 5) is 3.94. The summed E-state index contributed by atoms with van der Waals surface area (Å²) in [5, 5.41) is 10.0. The lowest BCUT2D eigenvalue weighted by Crippen LogP contribution is -2.03. The van der Waals surface area contributed by atoms with Crippen molar-refractivity contribution in [1.29, 1.82) is 0 Å². The molecule has 1 atom stereocenters. The van der Waals surface area contributed by atoms with Gasteiger partial charge in [-0.3, -0.25) is 4.98 Å². The fourth-order valence-electron chi connectivity index (χ4n) is 1.57. The molecule has 0 amide bonds. The molecule has 0 aliphatic carbocycles. The van der Waals surface area contributed by atoms with Crippen molar-refractivity contribution in [3.05, 3.63) is 48.2 Å². The van der Waals surface area contributed by atoms with Crippen molar-refractivity contribution in [1.82, 2.24) is 4.98 Å². The largest absolute Gasteiger partial charge is 0.495 e. The lowest BCUT2D eigenvalue weighted by atomic mass is 10.1. The van der Waals surface area contributed by atoms with E-state index in [1.165, 1.54) is 0 Å². The molecule has 4 nitrogen and oxygen atoms in total. The minimum atomic E-state index is -0.649. The van der Waals surface area contributed by atoms with E-state index < -0.39 is 6.10 Å². The van der Waals surface area contributed by atoms with E-state index in [-0.39, 0.29) is 0 Å². The lowest BCUT2D eigenvalue weighted by Gasteiger charge is -2.12. The van der Waals surface area contributed by atoms with Crippen LogP contribution < -0.4 is 4.74 Å². The van der Waals surface area contributed by atoms with Gasteiger partial charge in [0.25, 0.3) is 0 Å². The molecule has 0 spiro atoms. The molecule has 0 fully saturated rings. The number of ether oxygens (including phenoxy) is 1. The van der Waals surface area contributed by atoms with Gasteiger partial charge in [0, 0.05) is 18.2 Å². The summed E-state index contributed by atoms with van der Waals surface area (Å²) in [5.41, 5.74) is 0.717. The number of aromatic nitrogens is 1. The molecule has 4 heteroatoms. The molecule has 0 aromatic carbocycles. The van der Waals surface area contributed by atoms with Crippen molar-refractivity contribution in [2.75, 3.05) is 7.11 Å².